The van der Waals surface area contributed by atoms with Crippen LogP contribution in [0.15, 0.2) is 15.9 Å². The highest BCUT2D eigenvalue weighted by molar-refractivity contribution is 9.11. The summed E-state index contributed by atoms with van der Waals surface area (Å²) in [5, 5.41) is 9.98. The van der Waals surface area contributed by atoms with Crippen molar-refractivity contribution in [3.05, 3.63) is 20.8 Å². The maximum atomic E-state index is 9.98. The molecule has 0 amide bonds. The minimum Gasteiger partial charge on any atom is -0.391 e. The number of hydrogen-bond acceptors (Lipinski definition) is 3. The number of likely N-dealkylation sites (N-methyl/N-ethyl adjacent to an activating group) is 1. The molecule has 1 aromatic rings. The molecule has 2 unspecified atom stereocenters. The van der Waals surface area contributed by atoms with Crippen LogP contribution in [0.4, 0.5) is 0 Å². The van der Waals surface area contributed by atoms with Crippen molar-refractivity contribution in [2.75, 3.05) is 7.05 Å². The van der Waals surface area contributed by atoms with Gasteiger partial charge in [0, 0.05) is 17.5 Å². The first kappa shape index (κ1) is 12.6. The fourth-order valence-corrected chi connectivity index (χ4v) is 3.95. The van der Waals surface area contributed by atoms with Crippen molar-refractivity contribution >= 4 is 27.3 Å². The summed E-state index contributed by atoms with van der Waals surface area (Å²) in [5.74, 6) is 0. The van der Waals surface area contributed by atoms with Gasteiger partial charge in [-0.15, -0.1) is 11.3 Å². The third kappa shape index (κ3) is 3.06. The summed E-state index contributed by atoms with van der Waals surface area (Å²) in [6, 6.07) is 4.58. The van der Waals surface area contributed by atoms with Crippen molar-refractivity contribution < 1.29 is 5.11 Å². The van der Waals surface area contributed by atoms with Crippen molar-refractivity contribution in [1.29, 1.82) is 0 Å². The summed E-state index contributed by atoms with van der Waals surface area (Å²) in [6.45, 7) is 0.942. The van der Waals surface area contributed by atoms with Crippen LogP contribution in [0.2, 0.25) is 0 Å². The first-order valence-corrected chi connectivity index (χ1v) is 7.40. The Labute approximate surface area is 109 Å². The van der Waals surface area contributed by atoms with Gasteiger partial charge in [-0.3, -0.25) is 4.90 Å². The molecule has 2 atom stereocenters. The summed E-state index contributed by atoms with van der Waals surface area (Å²) >= 11 is 5.26. The van der Waals surface area contributed by atoms with Crippen LogP contribution in [0.25, 0.3) is 0 Å². The maximum absolute atomic E-state index is 9.98. The molecule has 0 aromatic carbocycles. The second-order valence-electron chi connectivity index (χ2n) is 4.54. The van der Waals surface area contributed by atoms with Gasteiger partial charge in [-0.1, -0.05) is 12.8 Å². The largest absolute Gasteiger partial charge is 0.391 e. The van der Waals surface area contributed by atoms with E-state index in [0.717, 1.165) is 19.4 Å². The number of nitrogens with zero attached hydrogens (tertiary/aromatic N) is 1. The van der Waals surface area contributed by atoms with Crippen LogP contribution in [-0.2, 0) is 6.54 Å². The molecule has 90 valence electrons. The SMILES string of the molecule is CN(Cc1ccc(Br)s1)C1CCCCC1O. The Bertz CT molecular complexity index is 342. The Morgan fingerprint density at radius 1 is 1.44 bits per heavy atom. The topological polar surface area (TPSA) is 23.5 Å². The Hall–Kier alpha value is 0.1000. The van der Waals surface area contributed by atoms with Crippen LogP contribution < -0.4 is 0 Å². The van der Waals surface area contributed by atoms with Gasteiger partial charge in [0.25, 0.3) is 0 Å². The van der Waals surface area contributed by atoms with Gasteiger partial charge in [-0.05, 0) is 48.0 Å². The molecule has 1 aliphatic rings. The van der Waals surface area contributed by atoms with Gasteiger partial charge in [-0.2, -0.15) is 0 Å². The second kappa shape index (κ2) is 5.63. The molecular formula is C12H18BrNOS. The van der Waals surface area contributed by atoms with Crippen LogP contribution in [0, 0.1) is 0 Å². The minimum atomic E-state index is -0.137. The highest BCUT2D eigenvalue weighted by Gasteiger charge is 2.26. The zero-order valence-corrected chi connectivity index (χ0v) is 11.9. The van der Waals surface area contributed by atoms with Crippen molar-refractivity contribution in [2.24, 2.45) is 0 Å². The predicted molar refractivity (Wildman–Crippen MR) is 71.7 cm³/mol. The molecule has 1 aliphatic carbocycles. The first-order chi connectivity index (χ1) is 7.66. The second-order valence-corrected chi connectivity index (χ2v) is 7.09. The first-order valence-electron chi connectivity index (χ1n) is 5.79. The van der Waals surface area contributed by atoms with E-state index in [1.165, 1.54) is 21.5 Å². The lowest BCUT2D eigenvalue weighted by atomic mass is 9.91. The molecule has 1 heterocycles. The minimum absolute atomic E-state index is 0.137. The molecule has 0 aliphatic heterocycles. The number of aliphatic hydroxyl groups excluding tert-OH is 1. The van der Waals surface area contributed by atoms with Gasteiger partial charge in [0.2, 0.25) is 0 Å². The van der Waals surface area contributed by atoms with E-state index in [-0.39, 0.29) is 6.10 Å². The summed E-state index contributed by atoms with van der Waals surface area (Å²) in [4.78, 5) is 3.65. The third-order valence-corrected chi connectivity index (χ3v) is 4.90. The molecular weight excluding hydrogens is 286 g/mol. The van der Waals surface area contributed by atoms with Crippen molar-refractivity contribution in [2.45, 2.75) is 44.4 Å². The molecule has 1 fully saturated rings. The van der Waals surface area contributed by atoms with Crippen LogP contribution in [0.5, 0.6) is 0 Å². The van der Waals surface area contributed by atoms with Gasteiger partial charge >= 0.3 is 0 Å². The zero-order chi connectivity index (χ0) is 11.5. The molecule has 1 N–H and O–H groups in total. The van der Waals surface area contributed by atoms with Crippen LogP contribution in [0.3, 0.4) is 0 Å². The van der Waals surface area contributed by atoms with Crippen molar-refractivity contribution in [3.63, 3.8) is 0 Å². The van der Waals surface area contributed by atoms with Gasteiger partial charge < -0.3 is 5.11 Å². The lowest BCUT2D eigenvalue weighted by molar-refractivity contribution is 0.0292. The van der Waals surface area contributed by atoms with Gasteiger partial charge in [0.15, 0.2) is 0 Å². The number of thiophene rings is 1. The Kier molecular flexibility index (Phi) is 4.41. The van der Waals surface area contributed by atoms with Crippen molar-refractivity contribution in [3.8, 4) is 0 Å². The van der Waals surface area contributed by atoms with Crippen LogP contribution in [-0.4, -0.2) is 29.2 Å². The lowest BCUT2D eigenvalue weighted by Gasteiger charge is -2.34. The summed E-state index contributed by atoms with van der Waals surface area (Å²) in [6.07, 6.45) is 4.38. The maximum Gasteiger partial charge on any atom is 0.0701 e. The average Bonchev–Trinajstić information content (AvgIpc) is 2.64. The Morgan fingerprint density at radius 3 is 2.81 bits per heavy atom. The van der Waals surface area contributed by atoms with E-state index in [1.807, 2.05) is 0 Å². The molecule has 2 rings (SSSR count). The highest BCUT2D eigenvalue weighted by atomic mass is 79.9. The van der Waals surface area contributed by atoms with E-state index in [9.17, 15) is 5.11 Å². The molecule has 0 saturated heterocycles. The summed E-state index contributed by atoms with van der Waals surface area (Å²) in [5.41, 5.74) is 0. The molecule has 0 radical (unpaired) electrons. The molecule has 1 saturated carbocycles. The zero-order valence-electron chi connectivity index (χ0n) is 9.53. The van der Waals surface area contributed by atoms with E-state index >= 15 is 0 Å². The molecule has 0 bridgehead atoms. The molecule has 1 aromatic heterocycles. The summed E-state index contributed by atoms with van der Waals surface area (Å²) < 4.78 is 1.18. The molecule has 16 heavy (non-hydrogen) atoms. The quantitative estimate of drug-likeness (QED) is 0.926. The van der Waals surface area contributed by atoms with Gasteiger partial charge in [-0.25, -0.2) is 0 Å². The lowest BCUT2D eigenvalue weighted by Crippen LogP contribution is -2.42. The van der Waals surface area contributed by atoms with Crippen LogP contribution in [0.1, 0.15) is 30.6 Å². The molecule has 2 nitrogen and oxygen atoms in total. The number of rotatable bonds is 3. The van der Waals surface area contributed by atoms with Crippen molar-refractivity contribution in [1.82, 2.24) is 4.90 Å². The van der Waals surface area contributed by atoms with Crippen LogP contribution >= 0.6 is 27.3 Å². The smallest absolute Gasteiger partial charge is 0.0701 e. The predicted octanol–water partition coefficient (Wildman–Crippen LogP) is 3.25. The number of aliphatic hydroxyl groups is 1. The normalized spacial score (nSPS) is 26.2. The molecule has 4 heteroatoms. The summed E-state index contributed by atoms with van der Waals surface area (Å²) in [7, 11) is 2.12. The monoisotopic (exact) mass is 303 g/mol. The average molecular weight is 304 g/mol. The number of hydrogen-bond donors (Lipinski definition) is 1. The van der Waals surface area contributed by atoms with E-state index in [2.05, 4.69) is 40.0 Å². The third-order valence-electron chi connectivity index (χ3n) is 3.29. The highest BCUT2D eigenvalue weighted by Crippen LogP contribution is 2.27. The number of halogens is 1. The van der Waals surface area contributed by atoms with Gasteiger partial charge in [0.05, 0.1) is 9.89 Å². The fourth-order valence-electron chi connectivity index (χ4n) is 2.41. The Morgan fingerprint density at radius 2 is 2.19 bits per heavy atom. The van der Waals surface area contributed by atoms with E-state index in [1.54, 1.807) is 11.3 Å². The van der Waals surface area contributed by atoms with E-state index in [4.69, 9.17) is 0 Å². The van der Waals surface area contributed by atoms with E-state index in [0.29, 0.717) is 6.04 Å². The Balaban J connectivity index is 1.93. The fraction of sp³-hybridized carbons (Fsp3) is 0.667. The standard InChI is InChI=1S/C12H18BrNOS/c1-14(8-9-6-7-12(13)16-9)10-4-2-3-5-11(10)15/h6-7,10-11,15H,2-5,8H2,1H3. The van der Waals surface area contributed by atoms with Gasteiger partial charge in [0.1, 0.15) is 0 Å². The molecule has 0 spiro atoms. The van der Waals surface area contributed by atoms with E-state index < -0.39 is 0 Å².